The molecule has 1 heterocycles. The standard InChI is InChI=1S/C20H23ClN2O2/c21-17-5-4-8-19(13-17)25-12-10-20(24)22-14-16-9-11-23(15-16)18-6-2-1-3-7-18/h1-8,13,16H,9-12,14-15H2,(H,22,24). The molecule has 0 radical (unpaired) electrons. The summed E-state index contributed by atoms with van der Waals surface area (Å²) < 4.78 is 5.55. The largest absolute Gasteiger partial charge is 0.493 e. The molecular weight excluding hydrogens is 336 g/mol. The Morgan fingerprint density at radius 3 is 2.84 bits per heavy atom. The molecule has 0 aromatic heterocycles. The molecule has 3 rings (SSSR count). The molecule has 0 saturated carbocycles. The number of ether oxygens (including phenoxy) is 1. The molecule has 1 fully saturated rings. The minimum atomic E-state index is 0.0280. The van der Waals surface area contributed by atoms with E-state index in [2.05, 4.69) is 34.5 Å². The summed E-state index contributed by atoms with van der Waals surface area (Å²) >= 11 is 5.90. The Balaban J connectivity index is 1.34. The number of para-hydroxylation sites is 1. The number of rotatable bonds is 7. The minimum absolute atomic E-state index is 0.0280. The highest BCUT2D eigenvalue weighted by Crippen LogP contribution is 2.23. The summed E-state index contributed by atoms with van der Waals surface area (Å²) in [5, 5.41) is 3.65. The summed E-state index contributed by atoms with van der Waals surface area (Å²) in [6.45, 7) is 3.11. The zero-order chi connectivity index (χ0) is 17.5. The molecule has 4 nitrogen and oxygen atoms in total. The van der Waals surface area contributed by atoms with E-state index < -0.39 is 0 Å². The normalized spacial score (nSPS) is 16.7. The van der Waals surface area contributed by atoms with Crippen molar-refractivity contribution in [3.63, 3.8) is 0 Å². The van der Waals surface area contributed by atoms with Crippen LogP contribution >= 0.6 is 11.6 Å². The number of carbonyl (C=O) groups is 1. The van der Waals surface area contributed by atoms with E-state index in [1.807, 2.05) is 18.2 Å². The molecule has 2 aromatic carbocycles. The van der Waals surface area contributed by atoms with Crippen LogP contribution in [0.4, 0.5) is 5.69 Å². The fourth-order valence-corrected chi connectivity index (χ4v) is 3.22. The van der Waals surface area contributed by atoms with E-state index >= 15 is 0 Å². The molecule has 5 heteroatoms. The molecule has 1 atom stereocenters. The smallest absolute Gasteiger partial charge is 0.223 e. The van der Waals surface area contributed by atoms with Crippen molar-refractivity contribution in [1.29, 1.82) is 0 Å². The number of amides is 1. The first kappa shape index (κ1) is 17.6. The summed E-state index contributed by atoms with van der Waals surface area (Å²) in [5.74, 6) is 1.22. The van der Waals surface area contributed by atoms with Crippen molar-refractivity contribution < 1.29 is 9.53 Å². The van der Waals surface area contributed by atoms with E-state index in [9.17, 15) is 4.79 Å². The van der Waals surface area contributed by atoms with Gasteiger partial charge >= 0.3 is 0 Å². The summed E-state index contributed by atoms with van der Waals surface area (Å²) in [7, 11) is 0. The minimum Gasteiger partial charge on any atom is -0.493 e. The maximum atomic E-state index is 12.0. The van der Waals surface area contributed by atoms with Crippen LogP contribution in [0.3, 0.4) is 0 Å². The van der Waals surface area contributed by atoms with Crippen molar-refractivity contribution in [2.24, 2.45) is 5.92 Å². The molecule has 1 amide bonds. The average molecular weight is 359 g/mol. The van der Waals surface area contributed by atoms with Gasteiger partial charge in [0.25, 0.3) is 0 Å². The highest BCUT2D eigenvalue weighted by molar-refractivity contribution is 6.30. The van der Waals surface area contributed by atoms with Crippen molar-refractivity contribution in [3.05, 3.63) is 59.6 Å². The Morgan fingerprint density at radius 1 is 1.20 bits per heavy atom. The molecule has 1 saturated heterocycles. The van der Waals surface area contributed by atoms with Crippen molar-refractivity contribution in [2.75, 3.05) is 31.1 Å². The molecular formula is C20H23ClN2O2. The molecule has 25 heavy (non-hydrogen) atoms. The Kier molecular flexibility index (Phi) is 6.18. The quantitative estimate of drug-likeness (QED) is 0.819. The lowest BCUT2D eigenvalue weighted by Gasteiger charge is -2.18. The van der Waals surface area contributed by atoms with Crippen molar-refractivity contribution in [3.8, 4) is 5.75 Å². The van der Waals surface area contributed by atoms with Gasteiger partial charge in [0.2, 0.25) is 5.91 Å². The molecule has 0 bridgehead atoms. The average Bonchev–Trinajstić information content (AvgIpc) is 3.10. The Hall–Kier alpha value is -2.20. The third-order valence-corrected chi connectivity index (χ3v) is 4.62. The molecule has 1 aliphatic rings. The number of halogens is 1. The van der Waals surface area contributed by atoms with Gasteiger partial charge in [-0.3, -0.25) is 4.79 Å². The topological polar surface area (TPSA) is 41.6 Å². The van der Waals surface area contributed by atoms with Gasteiger partial charge in [-0.25, -0.2) is 0 Å². The van der Waals surface area contributed by atoms with E-state index in [0.29, 0.717) is 29.7 Å². The molecule has 0 spiro atoms. The van der Waals surface area contributed by atoms with Crippen LogP contribution in [-0.2, 0) is 4.79 Å². The lowest BCUT2D eigenvalue weighted by Crippen LogP contribution is -2.31. The summed E-state index contributed by atoms with van der Waals surface area (Å²) in [6.07, 6.45) is 1.45. The van der Waals surface area contributed by atoms with E-state index in [0.717, 1.165) is 26.1 Å². The fraction of sp³-hybridized carbons (Fsp3) is 0.350. The van der Waals surface area contributed by atoms with Gasteiger partial charge in [-0.15, -0.1) is 0 Å². The van der Waals surface area contributed by atoms with Crippen LogP contribution in [0.1, 0.15) is 12.8 Å². The summed E-state index contributed by atoms with van der Waals surface area (Å²) in [4.78, 5) is 14.4. The number of carbonyl (C=O) groups excluding carboxylic acids is 1. The van der Waals surface area contributed by atoms with Crippen LogP contribution < -0.4 is 15.0 Å². The van der Waals surface area contributed by atoms with Crippen molar-refractivity contribution in [1.82, 2.24) is 5.32 Å². The second kappa shape index (κ2) is 8.77. The van der Waals surface area contributed by atoms with Gasteiger partial charge in [0.05, 0.1) is 13.0 Å². The van der Waals surface area contributed by atoms with Crippen LogP contribution in [-0.4, -0.2) is 32.1 Å². The maximum absolute atomic E-state index is 12.0. The number of hydrogen-bond acceptors (Lipinski definition) is 3. The highest BCUT2D eigenvalue weighted by atomic mass is 35.5. The van der Waals surface area contributed by atoms with Gasteiger partial charge < -0.3 is 15.0 Å². The van der Waals surface area contributed by atoms with Crippen molar-refractivity contribution in [2.45, 2.75) is 12.8 Å². The van der Waals surface area contributed by atoms with Gasteiger partial charge in [0.15, 0.2) is 0 Å². The maximum Gasteiger partial charge on any atom is 0.223 e. The number of benzene rings is 2. The molecule has 1 unspecified atom stereocenters. The first-order valence-electron chi connectivity index (χ1n) is 8.66. The van der Waals surface area contributed by atoms with Crippen LogP contribution in [0.15, 0.2) is 54.6 Å². The lowest BCUT2D eigenvalue weighted by atomic mass is 10.1. The third kappa shape index (κ3) is 5.40. The summed E-state index contributed by atoms with van der Waals surface area (Å²) in [6, 6.07) is 17.6. The fourth-order valence-electron chi connectivity index (χ4n) is 3.04. The second-order valence-corrected chi connectivity index (χ2v) is 6.73. The Bertz CT molecular complexity index is 693. The summed E-state index contributed by atoms with van der Waals surface area (Å²) in [5.41, 5.74) is 1.26. The molecule has 1 N–H and O–H groups in total. The van der Waals surface area contributed by atoms with Crippen LogP contribution in [0.2, 0.25) is 5.02 Å². The van der Waals surface area contributed by atoms with Gasteiger partial charge in [-0.05, 0) is 42.7 Å². The third-order valence-electron chi connectivity index (χ3n) is 4.39. The van der Waals surface area contributed by atoms with E-state index in [1.54, 1.807) is 12.1 Å². The number of anilines is 1. The SMILES string of the molecule is O=C(CCOc1cccc(Cl)c1)NCC1CCN(c2ccccc2)C1. The monoisotopic (exact) mass is 358 g/mol. The van der Waals surface area contributed by atoms with Gasteiger partial charge in [-0.1, -0.05) is 35.9 Å². The first-order valence-corrected chi connectivity index (χ1v) is 9.03. The predicted octanol–water partition coefficient (Wildman–Crippen LogP) is 3.75. The van der Waals surface area contributed by atoms with Crippen LogP contribution in [0.25, 0.3) is 0 Å². The molecule has 2 aromatic rings. The second-order valence-electron chi connectivity index (χ2n) is 6.30. The number of nitrogens with one attached hydrogen (secondary N) is 1. The van der Waals surface area contributed by atoms with E-state index in [-0.39, 0.29) is 5.91 Å². The molecule has 1 aliphatic heterocycles. The Morgan fingerprint density at radius 2 is 2.04 bits per heavy atom. The lowest BCUT2D eigenvalue weighted by molar-refractivity contribution is -0.121. The molecule has 132 valence electrons. The highest BCUT2D eigenvalue weighted by Gasteiger charge is 2.22. The first-order chi connectivity index (χ1) is 12.2. The van der Waals surface area contributed by atoms with Crippen molar-refractivity contribution >= 4 is 23.2 Å². The van der Waals surface area contributed by atoms with E-state index in [4.69, 9.17) is 16.3 Å². The zero-order valence-electron chi connectivity index (χ0n) is 14.2. The van der Waals surface area contributed by atoms with Crippen LogP contribution in [0.5, 0.6) is 5.75 Å². The zero-order valence-corrected chi connectivity index (χ0v) is 14.9. The van der Waals surface area contributed by atoms with Gasteiger partial charge in [0.1, 0.15) is 5.75 Å². The Labute approximate surface area is 153 Å². The predicted molar refractivity (Wildman–Crippen MR) is 101 cm³/mol. The van der Waals surface area contributed by atoms with Gasteiger partial charge in [0, 0.05) is 30.3 Å². The number of hydrogen-bond donors (Lipinski definition) is 1. The number of nitrogens with zero attached hydrogens (tertiary/aromatic N) is 1. The van der Waals surface area contributed by atoms with Gasteiger partial charge in [-0.2, -0.15) is 0 Å². The van der Waals surface area contributed by atoms with E-state index in [1.165, 1.54) is 5.69 Å². The molecule has 0 aliphatic carbocycles. The van der Waals surface area contributed by atoms with Crippen LogP contribution in [0, 0.1) is 5.92 Å².